The summed E-state index contributed by atoms with van der Waals surface area (Å²) in [5.74, 6) is 0.239. The van der Waals surface area contributed by atoms with E-state index in [4.69, 9.17) is 56.8 Å². The van der Waals surface area contributed by atoms with Crippen LogP contribution in [-0.4, -0.2) is 101 Å². The third kappa shape index (κ3) is 46.3. The van der Waals surface area contributed by atoms with Crippen LogP contribution in [0.3, 0.4) is 0 Å². The number of ether oxygens (including phenoxy) is 12. The van der Waals surface area contributed by atoms with Gasteiger partial charge in [0.15, 0.2) is 0 Å². The van der Waals surface area contributed by atoms with Crippen LogP contribution in [0.1, 0.15) is 316 Å². The Balaban J connectivity index is 1.02. The molecule has 668 valence electrons. The lowest BCUT2D eigenvalue weighted by Gasteiger charge is -2.14. The molecule has 6 rings (SSSR count). The zero-order valence-corrected chi connectivity index (χ0v) is 73.1. The molecular formula is C103H136O20. The van der Waals surface area contributed by atoms with Crippen LogP contribution in [0, 0.1) is 0 Å². The van der Waals surface area contributed by atoms with E-state index in [1.54, 1.807) is 133 Å². The van der Waals surface area contributed by atoms with Crippen LogP contribution >= 0.6 is 0 Å². The van der Waals surface area contributed by atoms with E-state index in [0.29, 0.717) is 158 Å². The molecule has 0 bridgehead atoms. The van der Waals surface area contributed by atoms with Gasteiger partial charge in [-0.05, 0) is 222 Å². The second kappa shape index (κ2) is 65.0. The van der Waals surface area contributed by atoms with E-state index in [0.717, 1.165) is 225 Å². The van der Waals surface area contributed by atoms with Crippen LogP contribution in [0.5, 0.6) is 46.0 Å². The fourth-order valence-corrected chi connectivity index (χ4v) is 13.8. The molecular weight excluding hydrogens is 1560 g/mol. The van der Waals surface area contributed by atoms with E-state index < -0.39 is 23.9 Å². The summed E-state index contributed by atoms with van der Waals surface area (Å²) in [7, 11) is 0. The number of carbonyl (C=O) groups excluding carboxylic acids is 8. The first-order chi connectivity index (χ1) is 60.2. The second-order valence-electron chi connectivity index (χ2n) is 31.1. The predicted molar refractivity (Wildman–Crippen MR) is 482 cm³/mol. The van der Waals surface area contributed by atoms with Crippen LogP contribution in [0.4, 0.5) is 0 Å². The van der Waals surface area contributed by atoms with Crippen LogP contribution in [0.2, 0.25) is 0 Å². The highest BCUT2D eigenvalue weighted by atomic mass is 16.6. The topological polar surface area (TPSA) is 247 Å². The number of unbranched alkanes of at least 4 members (excludes halogenated alkanes) is 36. The Kier molecular flexibility index (Phi) is 53.4. The van der Waals surface area contributed by atoms with Gasteiger partial charge in [0.05, 0.1) is 75.1 Å². The van der Waals surface area contributed by atoms with Crippen molar-refractivity contribution in [2.24, 2.45) is 0 Å². The van der Waals surface area contributed by atoms with E-state index in [2.05, 4.69) is 26.3 Å². The van der Waals surface area contributed by atoms with Gasteiger partial charge in [-0.25, -0.2) is 38.4 Å². The highest BCUT2D eigenvalue weighted by Gasteiger charge is 2.20. The van der Waals surface area contributed by atoms with Crippen LogP contribution in [0.25, 0.3) is 0 Å². The molecule has 0 amide bonds. The fourth-order valence-electron chi connectivity index (χ4n) is 13.8. The van der Waals surface area contributed by atoms with Gasteiger partial charge < -0.3 is 56.8 Å². The van der Waals surface area contributed by atoms with Gasteiger partial charge in [-0.2, -0.15) is 0 Å². The van der Waals surface area contributed by atoms with Crippen molar-refractivity contribution < 1.29 is 95.2 Å². The van der Waals surface area contributed by atoms with Crippen molar-refractivity contribution in [3.05, 3.63) is 217 Å². The lowest BCUT2D eigenvalue weighted by atomic mass is 10.0. The summed E-state index contributed by atoms with van der Waals surface area (Å²) in [6.07, 6.45) is 48.0. The van der Waals surface area contributed by atoms with E-state index in [-0.39, 0.29) is 23.9 Å². The average Bonchev–Trinajstić information content (AvgIpc) is 0.833. The summed E-state index contributed by atoms with van der Waals surface area (Å²) in [4.78, 5) is 100. The largest absolute Gasteiger partial charge is 0.494 e. The number of rotatable bonds is 72. The zero-order valence-electron chi connectivity index (χ0n) is 73.1. The first-order valence-corrected chi connectivity index (χ1v) is 45.5. The van der Waals surface area contributed by atoms with Crippen molar-refractivity contribution in [1.82, 2.24) is 0 Å². The summed E-state index contributed by atoms with van der Waals surface area (Å²) >= 11 is 0. The smallest absolute Gasteiger partial charge is 0.343 e. The maximum Gasteiger partial charge on any atom is 0.343 e. The Morgan fingerprint density at radius 2 is 0.382 bits per heavy atom. The van der Waals surface area contributed by atoms with E-state index in [1.165, 1.54) is 50.0 Å². The quantitative estimate of drug-likeness (QED) is 0.0113. The molecule has 0 aliphatic heterocycles. The van der Waals surface area contributed by atoms with Gasteiger partial charge in [-0.15, -0.1) is 0 Å². The molecule has 0 saturated heterocycles. The van der Waals surface area contributed by atoms with Crippen LogP contribution in [0.15, 0.2) is 184 Å². The Labute approximate surface area is 731 Å². The van der Waals surface area contributed by atoms with Gasteiger partial charge in [0, 0.05) is 24.3 Å². The monoisotopic (exact) mass is 1690 g/mol. The molecule has 0 N–H and O–H groups in total. The van der Waals surface area contributed by atoms with Crippen LogP contribution < -0.4 is 37.9 Å². The number of hydrogen-bond donors (Lipinski definition) is 0. The van der Waals surface area contributed by atoms with E-state index >= 15 is 0 Å². The molecule has 0 atom stereocenters. The zero-order chi connectivity index (χ0) is 87.6. The third-order valence-electron chi connectivity index (χ3n) is 21.0. The molecule has 0 saturated carbocycles. The molecule has 6 aromatic carbocycles. The first-order valence-electron chi connectivity index (χ1n) is 45.5. The Hall–Kier alpha value is -10.8. The number of hydrogen-bond acceptors (Lipinski definition) is 20. The van der Waals surface area contributed by atoms with Gasteiger partial charge >= 0.3 is 47.8 Å². The Bertz CT molecular complexity index is 3770. The van der Waals surface area contributed by atoms with Gasteiger partial charge in [0.2, 0.25) is 0 Å². The van der Waals surface area contributed by atoms with Gasteiger partial charge in [-0.1, -0.05) is 225 Å². The molecule has 0 unspecified atom stereocenters. The number of esters is 8. The van der Waals surface area contributed by atoms with E-state index in [1.807, 2.05) is 0 Å². The standard InChI is InChI=1S/C103H136O20/c1-5-96(104)116-76-46-36-25-17-9-13-21-32-42-72-112-88-60-52-82(53-61-88)100(108)120-92-68-70-94(122-102(110)84-56-64-90(65-57-84)114-74-44-34-23-15-11-19-27-38-48-78-118-98(106)7-3)86(80-92)50-40-30-29-31-41-51-87-81-93(121-101(109)83-54-62-89(63-55-83)113-73-43-33-22-14-10-18-26-37-47-77-117-97(105)6-2)69-71-95(87)123-103(111)85-58-66-91(67-59-85)115-75-45-35-24-16-12-20-28-39-49-79-119-99(107)8-4/h5-8,52-71,80-81H,1-4,9-51,72-79H2. The normalized spacial score (nSPS) is 10.9. The van der Waals surface area contributed by atoms with Crippen molar-refractivity contribution >= 4 is 47.8 Å². The first kappa shape index (κ1) is 101. The second-order valence-corrected chi connectivity index (χ2v) is 31.1. The highest BCUT2D eigenvalue weighted by Crippen LogP contribution is 2.32. The lowest BCUT2D eigenvalue weighted by molar-refractivity contribution is -0.138. The molecule has 0 fully saturated rings. The van der Waals surface area contributed by atoms with Gasteiger partial charge in [-0.3, -0.25) is 0 Å². The molecule has 0 heterocycles. The minimum absolute atomic E-state index is 0.298. The number of carbonyl (C=O) groups is 8. The molecule has 20 nitrogen and oxygen atoms in total. The minimum Gasteiger partial charge on any atom is -0.494 e. The number of benzene rings is 6. The van der Waals surface area contributed by atoms with Crippen molar-refractivity contribution in [2.75, 3.05) is 52.9 Å². The molecule has 0 aliphatic rings. The summed E-state index contributed by atoms with van der Waals surface area (Å²) in [5.41, 5.74) is 2.78. The molecule has 6 aromatic rings. The molecule has 123 heavy (non-hydrogen) atoms. The van der Waals surface area contributed by atoms with Crippen molar-refractivity contribution in [3.8, 4) is 46.0 Å². The fraction of sp³-hybridized carbons (Fsp3) is 0.495. The van der Waals surface area contributed by atoms with Crippen LogP contribution in [-0.2, 0) is 51.0 Å². The van der Waals surface area contributed by atoms with Crippen molar-refractivity contribution in [3.63, 3.8) is 0 Å². The number of aryl methyl sites for hydroxylation is 2. The minimum atomic E-state index is -0.549. The Morgan fingerprint density at radius 3 is 0.593 bits per heavy atom. The van der Waals surface area contributed by atoms with Gasteiger partial charge in [0.25, 0.3) is 0 Å². The third-order valence-corrected chi connectivity index (χ3v) is 21.0. The maximum absolute atomic E-state index is 13.9. The molecule has 0 aliphatic carbocycles. The maximum atomic E-state index is 13.9. The van der Waals surface area contributed by atoms with E-state index in [9.17, 15) is 38.4 Å². The highest BCUT2D eigenvalue weighted by molar-refractivity contribution is 5.94. The molecule has 0 aromatic heterocycles. The molecule has 20 heteroatoms. The van der Waals surface area contributed by atoms with Crippen molar-refractivity contribution in [1.29, 1.82) is 0 Å². The molecule has 0 radical (unpaired) electrons. The van der Waals surface area contributed by atoms with Gasteiger partial charge in [0.1, 0.15) is 46.0 Å². The Morgan fingerprint density at radius 1 is 0.203 bits per heavy atom. The summed E-state index contributed by atoms with van der Waals surface area (Å²) in [6, 6.07) is 37.8. The summed E-state index contributed by atoms with van der Waals surface area (Å²) in [6.45, 7) is 17.7. The lowest BCUT2D eigenvalue weighted by Crippen LogP contribution is -2.11. The summed E-state index contributed by atoms with van der Waals surface area (Å²) in [5, 5.41) is 0. The predicted octanol–water partition coefficient (Wildman–Crippen LogP) is 24.8. The summed E-state index contributed by atoms with van der Waals surface area (Å²) < 4.78 is 68.6. The SMILES string of the molecule is C=CC(=O)OCCCCCCCCCCCOc1ccc(C(=O)Oc2ccc(OC(=O)c3ccc(OCCCCCCCCCCCOC(=O)C=C)cc3)c(CCCCCCCc3cc(OC(=O)c4ccc(OCCCCCCCCCCCOC(=O)C=C)cc4)ccc3OC(=O)c3ccc(OCCCCCCCCCCCOC(=O)C=C)cc3)c2)cc1. The van der Waals surface area contributed by atoms with Crippen molar-refractivity contribution in [2.45, 2.75) is 276 Å². The average molecular weight is 1690 g/mol. The molecule has 0 spiro atoms.